The summed E-state index contributed by atoms with van der Waals surface area (Å²) in [5.41, 5.74) is 0. The van der Waals surface area contributed by atoms with Crippen molar-refractivity contribution in [3.63, 3.8) is 0 Å². The molecule has 1 rings (SSSR count). The number of halogens is 1. The molecule has 0 heterocycles. The van der Waals surface area contributed by atoms with Crippen molar-refractivity contribution in [2.24, 2.45) is 0 Å². The summed E-state index contributed by atoms with van der Waals surface area (Å²) < 4.78 is 18.9. The third-order valence-corrected chi connectivity index (χ3v) is 1.94. The molecule has 1 aromatic rings. The Morgan fingerprint density at radius 1 is 1.27 bits per heavy atom. The normalized spacial score (nSPS) is 11.8. The fourth-order valence-corrected chi connectivity index (χ4v) is 1.05. The number of rotatable bonds is 1. The molecule has 1 aromatic carbocycles. The van der Waals surface area contributed by atoms with Crippen LogP contribution in [0.5, 0.6) is 0 Å². The Morgan fingerprint density at radius 3 is 2.09 bits per heavy atom. The first-order valence-electron chi connectivity index (χ1n) is 2.56. The van der Waals surface area contributed by atoms with Gasteiger partial charge in [-0.3, -0.25) is 0 Å². The summed E-state index contributed by atoms with van der Waals surface area (Å²) in [7, 11) is 0. The zero-order chi connectivity index (χ0) is 7.56. The van der Waals surface area contributed by atoms with Gasteiger partial charge < -0.3 is 4.55 Å². The summed E-state index contributed by atoms with van der Waals surface area (Å²) in [4.78, 5) is 0.365. The number of benzene rings is 1. The number of hydrogen-bond acceptors (Lipinski definition) is 1. The van der Waals surface area contributed by atoms with Gasteiger partial charge in [-0.05, 0) is 24.3 Å². The molecule has 0 aliphatic carbocycles. The third kappa shape index (κ3) is 3.41. The van der Waals surface area contributed by atoms with Crippen LogP contribution in [0.3, 0.4) is 0 Å². The topological polar surface area (TPSA) is 37.3 Å². The van der Waals surface area contributed by atoms with Gasteiger partial charge >= 0.3 is 0 Å². The van der Waals surface area contributed by atoms with Crippen molar-refractivity contribution in [3.05, 3.63) is 29.3 Å². The molecule has 0 amide bonds. The van der Waals surface area contributed by atoms with Gasteiger partial charge in [0.2, 0.25) is 0 Å². The zero-order valence-electron chi connectivity index (χ0n) is 5.95. The summed E-state index contributed by atoms with van der Waals surface area (Å²) in [6.07, 6.45) is 0. The first-order chi connectivity index (χ1) is 4.70. The fourth-order valence-electron chi connectivity index (χ4n) is 0.551. The first kappa shape index (κ1) is 11.2. The summed E-state index contributed by atoms with van der Waals surface area (Å²) >= 11 is 3.64. The van der Waals surface area contributed by atoms with E-state index in [1.54, 1.807) is 12.1 Å². The molecule has 55 valence electrons. The second kappa shape index (κ2) is 4.97. The van der Waals surface area contributed by atoms with Gasteiger partial charge in [-0.25, -0.2) is 4.21 Å². The van der Waals surface area contributed by atoms with Crippen LogP contribution in [0, 0.1) is 0 Å². The second-order valence-electron chi connectivity index (χ2n) is 1.70. The van der Waals surface area contributed by atoms with Crippen molar-refractivity contribution in [2.45, 2.75) is 4.90 Å². The van der Waals surface area contributed by atoms with Crippen molar-refractivity contribution < 1.29 is 8.76 Å². The van der Waals surface area contributed by atoms with E-state index in [1.807, 2.05) is 0 Å². The van der Waals surface area contributed by atoms with Crippen LogP contribution in [0.1, 0.15) is 0 Å². The van der Waals surface area contributed by atoms with Crippen LogP contribution in [0.4, 0.5) is 0 Å². The maximum atomic E-state index is 10.4. The molecule has 2 nitrogen and oxygen atoms in total. The van der Waals surface area contributed by atoms with Gasteiger partial charge in [-0.1, -0.05) is 11.6 Å². The van der Waals surface area contributed by atoms with Gasteiger partial charge in [-0.2, -0.15) is 0 Å². The van der Waals surface area contributed by atoms with Gasteiger partial charge in [0, 0.05) is 23.9 Å². The number of hydrogen-bond donors (Lipinski definition) is 1. The molecule has 0 aliphatic heterocycles. The van der Waals surface area contributed by atoms with Crippen LogP contribution in [-0.2, 0) is 11.1 Å². The van der Waals surface area contributed by atoms with E-state index in [4.69, 9.17) is 16.2 Å². The minimum absolute atomic E-state index is 0. The monoisotopic (exact) mass is 183 g/mol. The molecular formula is C6H5ClLiO2S. The van der Waals surface area contributed by atoms with E-state index in [0.717, 1.165) is 0 Å². The molecule has 0 bridgehead atoms. The third-order valence-electron chi connectivity index (χ3n) is 1.02. The van der Waals surface area contributed by atoms with Crippen LogP contribution >= 0.6 is 11.6 Å². The molecule has 1 radical (unpaired) electrons. The molecule has 5 heteroatoms. The van der Waals surface area contributed by atoms with Crippen LogP contribution < -0.4 is 0 Å². The predicted octanol–water partition coefficient (Wildman–Crippen LogP) is 1.54. The zero-order valence-corrected chi connectivity index (χ0v) is 7.52. The van der Waals surface area contributed by atoms with Crippen LogP contribution in [0.2, 0.25) is 5.02 Å². The molecule has 0 fully saturated rings. The van der Waals surface area contributed by atoms with Gasteiger partial charge in [0.25, 0.3) is 0 Å². The van der Waals surface area contributed by atoms with E-state index in [-0.39, 0.29) is 18.9 Å². The summed E-state index contributed by atoms with van der Waals surface area (Å²) in [6, 6.07) is 6.17. The molecule has 0 spiro atoms. The molecule has 0 saturated heterocycles. The van der Waals surface area contributed by atoms with Crippen molar-refractivity contribution in [1.29, 1.82) is 0 Å². The van der Waals surface area contributed by atoms with Crippen molar-refractivity contribution in [2.75, 3.05) is 0 Å². The van der Waals surface area contributed by atoms with Gasteiger partial charge in [0.05, 0.1) is 4.90 Å². The summed E-state index contributed by atoms with van der Waals surface area (Å²) in [5.74, 6) is 0. The molecule has 11 heavy (non-hydrogen) atoms. The molecule has 0 aromatic heterocycles. The smallest absolute Gasteiger partial charge is 0.186 e. The SMILES string of the molecule is O=S(O)c1ccc(Cl)cc1.[Li]. The van der Waals surface area contributed by atoms with Crippen molar-refractivity contribution in [1.82, 2.24) is 0 Å². The Hall–Kier alpha value is 0.217. The average molecular weight is 184 g/mol. The largest absolute Gasteiger partial charge is 0.302 e. The average Bonchev–Trinajstić information content (AvgIpc) is 1.88. The van der Waals surface area contributed by atoms with Crippen LogP contribution in [0.25, 0.3) is 0 Å². The molecule has 0 saturated carbocycles. The summed E-state index contributed by atoms with van der Waals surface area (Å²) in [6.45, 7) is 0. The quantitative estimate of drug-likeness (QED) is 0.530. The van der Waals surface area contributed by atoms with Gasteiger partial charge in [0.1, 0.15) is 0 Å². The molecule has 1 atom stereocenters. The minimum Gasteiger partial charge on any atom is -0.302 e. The van der Waals surface area contributed by atoms with Crippen LogP contribution in [-0.4, -0.2) is 27.6 Å². The molecule has 1 unspecified atom stereocenters. The van der Waals surface area contributed by atoms with Gasteiger partial charge in [0.15, 0.2) is 11.1 Å². The van der Waals surface area contributed by atoms with Crippen molar-refractivity contribution >= 4 is 41.5 Å². The summed E-state index contributed by atoms with van der Waals surface area (Å²) in [5, 5.41) is 0.564. The minimum atomic E-state index is -1.90. The Bertz CT molecular complexity index is 249. The Balaban J connectivity index is 0.000001000. The molecule has 0 aliphatic rings. The maximum absolute atomic E-state index is 10.4. The Labute approximate surface area is 84.4 Å². The second-order valence-corrected chi connectivity index (χ2v) is 3.11. The van der Waals surface area contributed by atoms with Crippen molar-refractivity contribution in [3.8, 4) is 0 Å². The Morgan fingerprint density at radius 2 is 1.73 bits per heavy atom. The van der Waals surface area contributed by atoms with E-state index >= 15 is 0 Å². The predicted molar refractivity (Wildman–Crippen MR) is 46.2 cm³/mol. The van der Waals surface area contributed by atoms with E-state index in [0.29, 0.717) is 9.92 Å². The maximum Gasteiger partial charge on any atom is 0.186 e. The standard InChI is InChI=1S/C6H5ClO2S.Li/c7-5-1-3-6(4-2-5)10(8)9;/h1-4H,(H,8,9);. The van der Waals surface area contributed by atoms with Gasteiger partial charge in [-0.15, -0.1) is 0 Å². The fraction of sp³-hybridized carbons (Fsp3) is 0. The molecular weight excluding hydrogens is 179 g/mol. The van der Waals surface area contributed by atoms with E-state index in [1.165, 1.54) is 12.1 Å². The van der Waals surface area contributed by atoms with E-state index in [2.05, 4.69) is 0 Å². The van der Waals surface area contributed by atoms with E-state index < -0.39 is 11.1 Å². The molecule has 1 N–H and O–H groups in total. The van der Waals surface area contributed by atoms with Crippen LogP contribution in [0.15, 0.2) is 29.2 Å². The Kier molecular flexibility index (Phi) is 5.07. The van der Waals surface area contributed by atoms with E-state index in [9.17, 15) is 4.21 Å². The first-order valence-corrected chi connectivity index (χ1v) is 4.05.